The van der Waals surface area contributed by atoms with Gasteiger partial charge in [0, 0.05) is 16.5 Å². The standard InChI is InChI=1S/C10H13N3O5S/c1-6-2-3-7(4-9(6)13(17)18)19-12-8(5-14)10(15)11-16/h2-4,8,12,14,16H,5H2,1H3,(H,11,15). The van der Waals surface area contributed by atoms with E-state index in [-0.39, 0.29) is 5.69 Å². The van der Waals surface area contributed by atoms with E-state index in [1.165, 1.54) is 11.5 Å². The summed E-state index contributed by atoms with van der Waals surface area (Å²) in [5.74, 6) is -0.795. The van der Waals surface area contributed by atoms with Gasteiger partial charge in [-0.15, -0.1) is 0 Å². The van der Waals surface area contributed by atoms with E-state index in [1.54, 1.807) is 19.1 Å². The van der Waals surface area contributed by atoms with Crippen LogP contribution in [0.15, 0.2) is 23.1 Å². The topological polar surface area (TPSA) is 125 Å². The molecule has 0 radical (unpaired) electrons. The molecule has 1 amide bonds. The van der Waals surface area contributed by atoms with E-state index in [0.29, 0.717) is 10.5 Å². The Morgan fingerprint density at radius 2 is 2.26 bits per heavy atom. The zero-order valence-electron chi connectivity index (χ0n) is 9.99. The zero-order valence-corrected chi connectivity index (χ0v) is 10.8. The van der Waals surface area contributed by atoms with Crippen LogP contribution in [0.1, 0.15) is 5.56 Å². The third-order valence-corrected chi connectivity index (χ3v) is 3.20. The quantitative estimate of drug-likeness (QED) is 0.258. The smallest absolute Gasteiger partial charge is 0.273 e. The number of amides is 1. The Hall–Kier alpha value is -1.68. The molecule has 0 heterocycles. The monoisotopic (exact) mass is 287 g/mol. The van der Waals surface area contributed by atoms with Crippen molar-refractivity contribution in [3.05, 3.63) is 33.9 Å². The van der Waals surface area contributed by atoms with E-state index in [9.17, 15) is 14.9 Å². The summed E-state index contributed by atoms with van der Waals surface area (Å²) in [7, 11) is 0. The SMILES string of the molecule is Cc1ccc(SNC(CO)C(=O)NO)cc1[N+](=O)[O-]. The van der Waals surface area contributed by atoms with E-state index in [1.807, 2.05) is 0 Å². The lowest BCUT2D eigenvalue weighted by atomic mass is 10.2. The Kier molecular flexibility index (Phi) is 5.70. The van der Waals surface area contributed by atoms with Crippen molar-refractivity contribution in [2.75, 3.05) is 6.61 Å². The number of aliphatic hydroxyl groups excluding tert-OH is 1. The summed E-state index contributed by atoms with van der Waals surface area (Å²) in [6.07, 6.45) is 0. The first kappa shape index (κ1) is 15.4. The van der Waals surface area contributed by atoms with Gasteiger partial charge in [-0.1, -0.05) is 6.07 Å². The second-order valence-electron chi connectivity index (χ2n) is 3.64. The predicted octanol–water partition coefficient (Wildman–Crippen LogP) is 0.366. The lowest BCUT2D eigenvalue weighted by Gasteiger charge is -2.13. The summed E-state index contributed by atoms with van der Waals surface area (Å²) in [6.45, 7) is 1.10. The molecule has 0 spiro atoms. The highest BCUT2D eigenvalue weighted by Gasteiger charge is 2.17. The van der Waals surface area contributed by atoms with Gasteiger partial charge in [0.15, 0.2) is 0 Å². The Labute approximate surface area is 113 Å². The van der Waals surface area contributed by atoms with Crippen LogP contribution in [0, 0.1) is 17.0 Å². The summed E-state index contributed by atoms with van der Waals surface area (Å²) in [6, 6.07) is 3.57. The van der Waals surface area contributed by atoms with E-state index in [2.05, 4.69) is 4.72 Å². The van der Waals surface area contributed by atoms with Crippen LogP contribution in [0.2, 0.25) is 0 Å². The van der Waals surface area contributed by atoms with Gasteiger partial charge < -0.3 is 5.11 Å². The minimum Gasteiger partial charge on any atom is -0.394 e. The Morgan fingerprint density at radius 3 is 2.79 bits per heavy atom. The predicted molar refractivity (Wildman–Crippen MR) is 67.6 cm³/mol. The molecular formula is C10H13N3O5S. The number of hydrogen-bond donors (Lipinski definition) is 4. The fourth-order valence-corrected chi connectivity index (χ4v) is 2.01. The van der Waals surface area contributed by atoms with Crippen LogP contribution in [0.3, 0.4) is 0 Å². The summed E-state index contributed by atoms with van der Waals surface area (Å²) in [5.41, 5.74) is 1.91. The number of carbonyl (C=O) groups is 1. The van der Waals surface area contributed by atoms with Crippen molar-refractivity contribution in [2.45, 2.75) is 17.9 Å². The van der Waals surface area contributed by atoms with E-state index >= 15 is 0 Å². The number of hydrogen-bond acceptors (Lipinski definition) is 7. The third kappa shape index (κ3) is 4.17. The summed E-state index contributed by atoms with van der Waals surface area (Å²) in [5, 5.41) is 28.1. The van der Waals surface area contributed by atoms with Gasteiger partial charge in [-0.2, -0.15) is 0 Å². The lowest BCUT2D eigenvalue weighted by molar-refractivity contribution is -0.385. The minimum absolute atomic E-state index is 0.0287. The van der Waals surface area contributed by atoms with Gasteiger partial charge >= 0.3 is 0 Å². The van der Waals surface area contributed by atoms with Crippen molar-refractivity contribution < 1.29 is 20.0 Å². The van der Waals surface area contributed by atoms with Crippen LogP contribution < -0.4 is 10.2 Å². The molecule has 1 aromatic rings. The number of hydroxylamine groups is 1. The number of benzene rings is 1. The molecule has 1 rings (SSSR count). The van der Waals surface area contributed by atoms with Crippen LogP contribution in [0.4, 0.5) is 5.69 Å². The normalized spacial score (nSPS) is 11.9. The van der Waals surface area contributed by atoms with Crippen LogP contribution in [-0.4, -0.2) is 33.8 Å². The summed E-state index contributed by atoms with van der Waals surface area (Å²) < 4.78 is 2.59. The number of aliphatic hydroxyl groups is 1. The van der Waals surface area contributed by atoms with E-state index in [0.717, 1.165) is 11.9 Å². The molecule has 0 saturated carbocycles. The largest absolute Gasteiger partial charge is 0.394 e. The molecule has 0 saturated heterocycles. The maximum absolute atomic E-state index is 11.1. The van der Waals surface area contributed by atoms with Gasteiger partial charge in [0.05, 0.1) is 11.5 Å². The number of nitrogens with one attached hydrogen (secondary N) is 2. The van der Waals surface area contributed by atoms with Crippen molar-refractivity contribution in [3.63, 3.8) is 0 Å². The van der Waals surface area contributed by atoms with Crippen LogP contribution in [-0.2, 0) is 4.79 Å². The molecule has 104 valence electrons. The molecule has 1 atom stereocenters. The van der Waals surface area contributed by atoms with Crippen LogP contribution in [0.5, 0.6) is 0 Å². The average Bonchev–Trinajstić information content (AvgIpc) is 2.40. The van der Waals surface area contributed by atoms with Crippen molar-refractivity contribution in [3.8, 4) is 0 Å². The summed E-state index contributed by atoms with van der Waals surface area (Å²) >= 11 is 0.951. The molecule has 0 fully saturated rings. The highest BCUT2D eigenvalue weighted by molar-refractivity contribution is 7.97. The van der Waals surface area contributed by atoms with Gasteiger partial charge in [0.1, 0.15) is 6.04 Å². The molecule has 19 heavy (non-hydrogen) atoms. The molecule has 0 aliphatic heterocycles. The van der Waals surface area contributed by atoms with Crippen LogP contribution >= 0.6 is 11.9 Å². The Bertz CT molecular complexity index is 482. The number of aryl methyl sites for hydroxylation is 1. The highest BCUT2D eigenvalue weighted by Crippen LogP contribution is 2.24. The number of nitro benzene ring substituents is 1. The molecule has 0 bridgehead atoms. The van der Waals surface area contributed by atoms with Crippen LogP contribution in [0.25, 0.3) is 0 Å². The maximum atomic E-state index is 11.1. The van der Waals surface area contributed by atoms with Crippen molar-refractivity contribution in [1.82, 2.24) is 10.2 Å². The minimum atomic E-state index is -1.02. The molecule has 8 nitrogen and oxygen atoms in total. The molecule has 1 unspecified atom stereocenters. The molecule has 9 heteroatoms. The average molecular weight is 287 g/mol. The Balaban J connectivity index is 2.75. The lowest BCUT2D eigenvalue weighted by Crippen LogP contribution is -2.42. The first-order chi connectivity index (χ1) is 8.99. The number of nitrogens with zero attached hydrogens (tertiary/aromatic N) is 1. The van der Waals surface area contributed by atoms with Crippen molar-refractivity contribution >= 4 is 23.5 Å². The van der Waals surface area contributed by atoms with Gasteiger partial charge in [0.2, 0.25) is 0 Å². The van der Waals surface area contributed by atoms with Gasteiger partial charge in [-0.3, -0.25) is 20.1 Å². The molecule has 0 aliphatic carbocycles. The second-order valence-corrected chi connectivity index (χ2v) is 4.55. The van der Waals surface area contributed by atoms with E-state index < -0.39 is 23.5 Å². The second kappa shape index (κ2) is 7.04. The summed E-state index contributed by atoms with van der Waals surface area (Å²) in [4.78, 5) is 21.9. The Morgan fingerprint density at radius 1 is 1.58 bits per heavy atom. The highest BCUT2D eigenvalue weighted by atomic mass is 32.2. The fraction of sp³-hybridized carbons (Fsp3) is 0.300. The fourth-order valence-electron chi connectivity index (χ4n) is 1.24. The van der Waals surface area contributed by atoms with Gasteiger partial charge in [-0.25, -0.2) is 10.2 Å². The molecule has 4 N–H and O–H groups in total. The third-order valence-electron chi connectivity index (χ3n) is 2.31. The maximum Gasteiger partial charge on any atom is 0.273 e. The van der Waals surface area contributed by atoms with Crippen molar-refractivity contribution in [2.24, 2.45) is 0 Å². The van der Waals surface area contributed by atoms with Gasteiger partial charge in [-0.05, 0) is 24.9 Å². The molecular weight excluding hydrogens is 274 g/mol. The van der Waals surface area contributed by atoms with Crippen molar-refractivity contribution in [1.29, 1.82) is 0 Å². The number of nitro groups is 1. The molecule has 0 aromatic heterocycles. The zero-order chi connectivity index (χ0) is 14.4. The molecule has 1 aromatic carbocycles. The first-order valence-electron chi connectivity index (χ1n) is 5.21. The van der Waals surface area contributed by atoms with E-state index in [4.69, 9.17) is 10.3 Å². The first-order valence-corrected chi connectivity index (χ1v) is 6.03. The number of carbonyl (C=O) groups excluding carboxylic acids is 1. The number of rotatable bonds is 6. The molecule has 0 aliphatic rings. The van der Waals surface area contributed by atoms with Gasteiger partial charge in [0.25, 0.3) is 11.6 Å².